The number of benzene rings is 1. The van der Waals surface area contributed by atoms with Crippen LogP contribution in [-0.4, -0.2) is 33.4 Å². The average Bonchev–Trinajstić information content (AvgIpc) is 2.91. The van der Waals surface area contributed by atoms with Gasteiger partial charge in [-0.2, -0.15) is 0 Å². The quantitative estimate of drug-likeness (QED) is 0.783. The van der Waals surface area contributed by atoms with Crippen LogP contribution in [0.25, 0.3) is 0 Å². The summed E-state index contributed by atoms with van der Waals surface area (Å²) in [5.74, 6) is -0.0788. The van der Waals surface area contributed by atoms with Crippen LogP contribution in [0.15, 0.2) is 16.6 Å². The topological polar surface area (TPSA) is 81.7 Å². The highest BCUT2D eigenvalue weighted by molar-refractivity contribution is 9.10. The number of sulfonamides is 1. The van der Waals surface area contributed by atoms with Gasteiger partial charge in [0.1, 0.15) is 5.75 Å². The standard InChI is InChI=1S/C13H16BrNO5S/c1-8(13(16)19-2)21(17,18)15-7-10-6-11(14)5-9-3-4-20-12(9)10/h5-6,8,15H,3-4,7H2,1-2H3. The SMILES string of the molecule is COC(=O)C(C)S(=O)(=O)NCc1cc(Br)cc2c1OCC2. The van der Waals surface area contributed by atoms with E-state index >= 15 is 0 Å². The summed E-state index contributed by atoms with van der Waals surface area (Å²) in [4.78, 5) is 11.3. The molecular weight excluding hydrogens is 362 g/mol. The molecule has 1 aliphatic heterocycles. The average molecular weight is 378 g/mol. The molecule has 0 amide bonds. The monoisotopic (exact) mass is 377 g/mol. The first-order valence-electron chi connectivity index (χ1n) is 6.35. The van der Waals surface area contributed by atoms with Gasteiger partial charge < -0.3 is 9.47 Å². The third-order valence-corrected chi connectivity index (χ3v) is 5.42. The second-order valence-electron chi connectivity index (χ2n) is 4.68. The van der Waals surface area contributed by atoms with Crippen molar-refractivity contribution in [1.82, 2.24) is 4.72 Å². The van der Waals surface area contributed by atoms with Gasteiger partial charge in [-0.05, 0) is 24.6 Å². The number of nitrogens with one attached hydrogen (secondary N) is 1. The third kappa shape index (κ3) is 3.56. The molecule has 0 bridgehead atoms. The van der Waals surface area contributed by atoms with Crippen LogP contribution in [0.3, 0.4) is 0 Å². The molecule has 1 heterocycles. The van der Waals surface area contributed by atoms with Gasteiger partial charge in [0, 0.05) is 23.0 Å². The lowest BCUT2D eigenvalue weighted by atomic mass is 10.1. The van der Waals surface area contributed by atoms with Crippen LogP contribution in [0, 0.1) is 0 Å². The second-order valence-corrected chi connectivity index (χ2v) is 7.68. The summed E-state index contributed by atoms with van der Waals surface area (Å²) < 4.78 is 37.3. The van der Waals surface area contributed by atoms with Crippen LogP contribution in [-0.2, 0) is 32.5 Å². The maximum Gasteiger partial charge on any atom is 0.325 e. The van der Waals surface area contributed by atoms with E-state index in [2.05, 4.69) is 25.4 Å². The van der Waals surface area contributed by atoms with Crippen LogP contribution >= 0.6 is 15.9 Å². The molecule has 0 aliphatic carbocycles. The molecule has 116 valence electrons. The van der Waals surface area contributed by atoms with Crippen molar-refractivity contribution in [1.29, 1.82) is 0 Å². The minimum atomic E-state index is -3.80. The summed E-state index contributed by atoms with van der Waals surface area (Å²) in [5, 5.41) is -1.26. The van der Waals surface area contributed by atoms with E-state index in [9.17, 15) is 13.2 Å². The van der Waals surface area contributed by atoms with Crippen molar-refractivity contribution >= 4 is 31.9 Å². The normalized spacial score (nSPS) is 15.2. The van der Waals surface area contributed by atoms with Crippen LogP contribution in [0.1, 0.15) is 18.1 Å². The predicted molar refractivity (Wildman–Crippen MR) is 80.6 cm³/mol. The summed E-state index contributed by atoms with van der Waals surface area (Å²) in [6.07, 6.45) is 0.799. The van der Waals surface area contributed by atoms with E-state index in [0.29, 0.717) is 12.4 Å². The molecule has 21 heavy (non-hydrogen) atoms. The Kier molecular flexibility index (Phi) is 4.90. The number of ether oxygens (including phenoxy) is 2. The van der Waals surface area contributed by atoms with Crippen molar-refractivity contribution in [3.63, 3.8) is 0 Å². The lowest BCUT2D eigenvalue weighted by molar-refractivity contribution is -0.139. The highest BCUT2D eigenvalue weighted by atomic mass is 79.9. The van der Waals surface area contributed by atoms with Gasteiger partial charge in [0.15, 0.2) is 5.25 Å². The van der Waals surface area contributed by atoms with Crippen molar-refractivity contribution in [2.45, 2.75) is 25.1 Å². The third-order valence-electron chi connectivity index (χ3n) is 3.29. The van der Waals surface area contributed by atoms with Gasteiger partial charge >= 0.3 is 5.97 Å². The Balaban J connectivity index is 2.15. The summed E-state index contributed by atoms with van der Waals surface area (Å²) in [7, 11) is -2.64. The molecule has 2 rings (SSSR count). The zero-order valence-electron chi connectivity index (χ0n) is 11.7. The Morgan fingerprint density at radius 3 is 2.90 bits per heavy atom. The minimum Gasteiger partial charge on any atom is -0.493 e. The molecular formula is C13H16BrNO5S. The highest BCUT2D eigenvalue weighted by Crippen LogP contribution is 2.33. The highest BCUT2D eigenvalue weighted by Gasteiger charge is 2.29. The number of carbonyl (C=O) groups excluding carboxylic acids is 1. The van der Waals surface area contributed by atoms with Gasteiger partial charge in [0.2, 0.25) is 10.0 Å². The maximum atomic E-state index is 12.0. The van der Waals surface area contributed by atoms with Gasteiger partial charge in [-0.15, -0.1) is 0 Å². The zero-order chi connectivity index (χ0) is 15.6. The summed E-state index contributed by atoms with van der Waals surface area (Å²) in [6.45, 7) is 1.94. The molecule has 1 unspecified atom stereocenters. The summed E-state index contributed by atoms with van der Waals surface area (Å²) >= 11 is 3.39. The van der Waals surface area contributed by atoms with Gasteiger partial charge in [-0.3, -0.25) is 4.79 Å². The Hall–Kier alpha value is -1.12. The van der Waals surface area contributed by atoms with E-state index < -0.39 is 21.2 Å². The lowest BCUT2D eigenvalue weighted by Crippen LogP contribution is -2.37. The van der Waals surface area contributed by atoms with E-state index in [0.717, 1.165) is 29.1 Å². The molecule has 1 aromatic rings. The van der Waals surface area contributed by atoms with E-state index in [-0.39, 0.29) is 6.54 Å². The van der Waals surface area contributed by atoms with Gasteiger partial charge in [-0.25, -0.2) is 13.1 Å². The largest absolute Gasteiger partial charge is 0.493 e. The number of methoxy groups -OCH3 is 1. The van der Waals surface area contributed by atoms with Crippen LogP contribution in [0.2, 0.25) is 0 Å². The van der Waals surface area contributed by atoms with Crippen LogP contribution in [0.4, 0.5) is 0 Å². The molecule has 8 heteroatoms. The molecule has 1 N–H and O–H groups in total. The van der Waals surface area contributed by atoms with Crippen molar-refractivity contribution in [2.75, 3.05) is 13.7 Å². The number of fused-ring (bicyclic) bond motifs is 1. The molecule has 1 atom stereocenters. The molecule has 1 aromatic carbocycles. The lowest BCUT2D eigenvalue weighted by Gasteiger charge is -2.14. The van der Waals surface area contributed by atoms with Crippen LogP contribution in [0.5, 0.6) is 5.75 Å². The molecule has 0 fully saturated rings. The molecule has 0 aromatic heterocycles. The van der Waals surface area contributed by atoms with Crippen molar-refractivity contribution < 1.29 is 22.7 Å². The van der Waals surface area contributed by atoms with E-state index in [1.54, 1.807) is 6.07 Å². The van der Waals surface area contributed by atoms with E-state index in [1.807, 2.05) is 6.07 Å². The maximum absolute atomic E-state index is 12.0. The Labute approximate surface area is 132 Å². The van der Waals surface area contributed by atoms with Crippen molar-refractivity contribution in [3.05, 3.63) is 27.7 Å². The minimum absolute atomic E-state index is 0.0610. The van der Waals surface area contributed by atoms with Crippen molar-refractivity contribution in [3.8, 4) is 5.75 Å². The number of esters is 1. The molecule has 0 saturated heterocycles. The number of hydrogen-bond acceptors (Lipinski definition) is 5. The van der Waals surface area contributed by atoms with Gasteiger partial charge in [0.05, 0.1) is 13.7 Å². The summed E-state index contributed by atoms with van der Waals surface area (Å²) in [5.41, 5.74) is 1.78. The zero-order valence-corrected chi connectivity index (χ0v) is 14.1. The van der Waals surface area contributed by atoms with Gasteiger partial charge in [0.25, 0.3) is 0 Å². The van der Waals surface area contributed by atoms with Crippen molar-refractivity contribution in [2.24, 2.45) is 0 Å². The predicted octanol–water partition coefficient (Wildman–Crippen LogP) is 1.36. The Morgan fingerprint density at radius 2 is 2.24 bits per heavy atom. The van der Waals surface area contributed by atoms with Gasteiger partial charge in [-0.1, -0.05) is 15.9 Å². The number of rotatable bonds is 5. The summed E-state index contributed by atoms with van der Waals surface area (Å²) in [6, 6.07) is 3.76. The fourth-order valence-electron chi connectivity index (χ4n) is 2.07. The molecule has 0 spiro atoms. The Morgan fingerprint density at radius 1 is 1.52 bits per heavy atom. The first-order chi connectivity index (χ1) is 9.85. The molecule has 0 radical (unpaired) electrons. The first-order valence-corrected chi connectivity index (χ1v) is 8.69. The fourth-order valence-corrected chi connectivity index (χ4v) is 3.58. The fraction of sp³-hybridized carbons (Fsp3) is 0.462. The number of carbonyl (C=O) groups is 1. The molecule has 1 aliphatic rings. The second kappa shape index (κ2) is 6.33. The number of halogens is 1. The van der Waals surface area contributed by atoms with Crippen LogP contribution < -0.4 is 9.46 Å². The molecule has 6 nitrogen and oxygen atoms in total. The molecule has 0 saturated carbocycles. The number of hydrogen-bond donors (Lipinski definition) is 1. The van der Waals surface area contributed by atoms with E-state index in [4.69, 9.17) is 4.74 Å². The smallest absolute Gasteiger partial charge is 0.325 e. The first kappa shape index (κ1) is 16.3. The Bertz CT molecular complexity index is 659. The van der Waals surface area contributed by atoms with E-state index in [1.165, 1.54) is 6.92 Å².